The van der Waals surface area contributed by atoms with E-state index < -0.39 is 11.7 Å². The van der Waals surface area contributed by atoms with Crippen LogP contribution in [0.5, 0.6) is 0 Å². The van der Waals surface area contributed by atoms with E-state index in [9.17, 15) is 18.0 Å². The molecule has 0 saturated heterocycles. The number of hydrogen-bond acceptors (Lipinski definition) is 1. The first-order chi connectivity index (χ1) is 6.04. The monoisotopic (exact) mass is 188 g/mol. The second kappa shape index (κ2) is 3.60. The Hall–Kier alpha value is -1.32. The van der Waals surface area contributed by atoms with Crippen molar-refractivity contribution in [1.82, 2.24) is 0 Å². The van der Waals surface area contributed by atoms with E-state index in [4.69, 9.17) is 0 Å². The molecule has 70 valence electrons. The van der Waals surface area contributed by atoms with Gasteiger partial charge in [-0.2, -0.15) is 13.2 Å². The topological polar surface area (TPSA) is 17.1 Å². The van der Waals surface area contributed by atoms with Crippen molar-refractivity contribution in [2.45, 2.75) is 12.6 Å². The van der Waals surface area contributed by atoms with Gasteiger partial charge in [0.25, 0.3) is 0 Å². The third kappa shape index (κ3) is 2.57. The summed E-state index contributed by atoms with van der Waals surface area (Å²) in [6.45, 7) is 0. The lowest BCUT2D eigenvalue weighted by Gasteiger charge is -2.06. The number of carbonyl (C=O) groups excluding carboxylic acids is 1. The van der Waals surface area contributed by atoms with E-state index in [1.165, 1.54) is 12.1 Å². The molecule has 0 unspecified atom stereocenters. The zero-order chi connectivity index (χ0) is 9.90. The van der Waals surface area contributed by atoms with E-state index >= 15 is 0 Å². The van der Waals surface area contributed by atoms with Crippen molar-refractivity contribution in [1.29, 1.82) is 0 Å². The molecule has 0 aromatic heterocycles. The lowest BCUT2D eigenvalue weighted by Crippen LogP contribution is -2.05. The number of hydrogen-bond donors (Lipinski definition) is 0. The Morgan fingerprint density at radius 1 is 1.31 bits per heavy atom. The zero-order valence-electron chi connectivity index (χ0n) is 6.64. The molecule has 0 saturated carbocycles. The predicted octanol–water partition coefficient (Wildman–Crippen LogP) is 2.45. The Bertz CT molecular complexity index is 304. The fourth-order valence-corrected chi connectivity index (χ4v) is 0.971. The van der Waals surface area contributed by atoms with Crippen LogP contribution in [0.4, 0.5) is 13.2 Å². The van der Waals surface area contributed by atoms with E-state index in [-0.39, 0.29) is 6.42 Å². The van der Waals surface area contributed by atoms with Gasteiger partial charge in [0.2, 0.25) is 0 Å². The molecule has 0 aliphatic carbocycles. The Kier molecular flexibility index (Phi) is 2.70. The van der Waals surface area contributed by atoms with Gasteiger partial charge >= 0.3 is 6.18 Å². The van der Waals surface area contributed by atoms with Gasteiger partial charge in [0.05, 0.1) is 5.56 Å². The molecule has 0 fully saturated rings. The summed E-state index contributed by atoms with van der Waals surface area (Å²) in [4.78, 5) is 10.1. The van der Waals surface area contributed by atoms with Gasteiger partial charge in [-0.3, -0.25) is 0 Å². The van der Waals surface area contributed by atoms with E-state index in [0.717, 1.165) is 12.1 Å². The molecule has 0 heterocycles. The van der Waals surface area contributed by atoms with Crippen molar-refractivity contribution in [2.24, 2.45) is 0 Å². The van der Waals surface area contributed by atoms with Crippen LogP contribution in [0.1, 0.15) is 11.1 Å². The first kappa shape index (κ1) is 9.77. The van der Waals surface area contributed by atoms with Gasteiger partial charge in [-0.15, -0.1) is 0 Å². The van der Waals surface area contributed by atoms with Crippen LogP contribution < -0.4 is 0 Å². The van der Waals surface area contributed by atoms with Crippen LogP contribution in [0.15, 0.2) is 24.3 Å². The van der Waals surface area contributed by atoms with Crippen LogP contribution in [-0.4, -0.2) is 6.29 Å². The Balaban J connectivity index is 2.98. The number of aldehydes is 1. The third-order valence-corrected chi connectivity index (χ3v) is 1.57. The molecule has 0 aliphatic heterocycles. The highest BCUT2D eigenvalue weighted by Gasteiger charge is 2.30. The van der Waals surface area contributed by atoms with Gasteiger partial charge in [-0.25, -0.2) is 0 Å². The molecule has 1 rings (SSSR count). The largest absolute Gasteiger partial charge is 0.416 e. The molecule has 0 amide bonds. The fraction of sp³-hybridized carbons (Fsp3) is 0.222. The van der Waals surface area contributed by atoms with Gasteiger partial charge < -0.3 is 4.79 Å². The summed E-state index contributed by atoms with van der Waals surface area (Å²) in [7, 11) is 0. The summed E-state index contributed by atoms with van der Waals surface area (Å²) in [5.41, 5.74) is -0.336. The molecular weight excluding hydrogens is 181 g/mol. The smallest absolute Gasteiger partial charge is 0.303 e. The highest BCUT2D eigenvalue weighted by atomic mass is 19.4. The molecule has 1 aromatic carbocycles. The van der Waals surface area contributed by atoms with Gasteiger partial charge in [-0.1, -0.05) is 18.2 Å². The summed E-state index contributed by atoms with van der Waals surface area (Å²) >= 11 is 0. The zero-order valence-corrected chi connectivity index (χ0v) is 6.64. The highest BCUT2D eigenvalue weighted by Crippen LogP contribution is 2.29. The van der Waals surface area contributed by atoms with Crippen LogP contribution >= 0.6 is 0 Å². The van der Waals surface area contributed by atoms with Gasteiger partial charge in [0.1, 0.15) is 6.29 Å². The minimum atomic E-state index is -4.33. The van der Waals surface area contributed by atoms with Crippen LogP contribution in [0, 0.1) is 0 Å². The lowest BCUT2D eigenvalue weighted by molar-refractivity contribution is -0.137. The number of halogens is 3. The quantitative estimate of drug-likeness (QED) is 0.651. The average Bonchev–Trinajstić information content (AvgIpc) is 2.04. The maximum atomic E-state index is 12.1. The Morgan fingerprint density at radius 3 is 2.54 bits per heavy atom. The van der Waals surface area contributed by atoms with E-state index in [0.29, 0.717) is 11.8 Å². The minimum absolute atomic E-state index is 0.0178. The van der Waals surface area contributed by atoms with Crippen molar-refractivity contribution in [3.63, 3.8) is 0 Å². The van der Waals surface area contributed by atoms with Crippen molar-refractivity contribution < 1.29 is 18.0 Å². The SMILES string of the molecule is O=CCc1cccc(C(F)(F)F)c1. The number of carbonyl (C=O) groups is 1. The molecule has 4 heteroatoms. The molecule has 0 radical (unpaired) electrons. The van der Waals surface area contributed by atoms with Gasteiger partial charge in [0, 0.05) is 6.42 Å². The maximum absolute atomic E-state index is 12.1. The van der Waals surface area contributed by atoms with Crippen LogP contribution in [0.25, 0.3) is 0 Å². The summed E-state index contributed by atoms with van der Waals surface area (Å²) in [5.74, 6) is 0. The normalized spacial score (nSPS) is 11.3. The fourth-order valence-electron chi connectivity index (χ4n) is 0.971. The van der Waals surface area contributed by atoms with E-state index in [1.807, 2.05) is 0 Å². The number of benzene rings is 1. The second-order valence-corrected chi connectivity index (χ2v) is 2.57. The molecule has 1 aromatic rings. The molecule has 1 nitrogen and oxygen atoms in total. The maximum Gasteiger partial charge on any atom is 0.416 e. The van der Waals surface area contributed by atoms with Crippen molar-refractivity contribution >= 4 is 6.29 Å². The Labute approximate surface area is 73.2 Å². The summed E-state index contributed by atoms with van der Waals surface area (Å²) < 4.78 is 36.4. The van der Waals surface area contributed by atoms with E-state index in [2.05, 4.69) is 0 Å². The van der Waals surface area contributed by atoms with Crippen LogP contribution in [0.3, 0.4) is 0 Å². The second-order valence-electron chi connectivity index (χ2n) is 2.57. The minimum Gasteiger partial charge on any atom is -0.303 e. The Morgan fingerprint density at radius 2 is 2.00 bits per heavy atom. The van der Waals surface area contributed by atoms with E-state index in [1.54, 1.807) is 0 Å². The molecule has 0 N–H and O–H groups in total. The highest BCUT2D eigenvalue weighted by molar-refractivity contribution is 5.55. The summed E-state index contributed by atoms with van der Waals surface area (Å²) in [6.07, 6.45) is -3.74. The summed E-state index contributed by atoms with van der Waals surface area (Å²) in [5, 5.41) is 0. The van der Waals surface area contributed by atoms with Crippen molar-refractivity contribution in [2.75, 3.05) is 0 Å². The molecule has 0 bridgehead atoms. The number of alkyl halides is 3. The molecule has 13 heavy (non-hydrogen) atoms. The molecule has 0 atom stereocenters. The first-order valence-corrected chi connectivity index (χ1v) is 3.64. The third-order valence-electron chi connectivity index (χ3n) is 1.57. The predicted molar refractivity (Wildman–Crippen MR) is 41.2 cm³/mol. The number of rotatable bonds is 2. The average molecular weight is 188 g/mol. The van der Waals surface area contributed by atoms with Crippen LogP contribution in [0.2, 0.25) is 0 Å². The van der Waals surface area contributed by atoms with Crippen molar-refractivity contribution in [3.05, 3.63) is 35.4 Å². The van der Waals surface area contributed by atoms with Gasteiger partial charge in [-0.05, 0) is 11.6 Å². The van der Waals surface area contributed by atoms with Gasteiger partial charge in [0.15, 0.2) is 0 Å². The first-order valence-electron chi connectivity index (χ1n) is 3.64. The van der Waals surface area contributed by atoms with Crippen molar-refractivity contribution in [3.8, 4) is 0 Å². The molecular formula is C9H7F3O. The lowest BCUT2D eigenvalue weighted by atomic mass is 10.1. The van der Waals surface area contributed by atoms with Crippen LogP contribution in [-0.2, 0) is 17.4 Å². The standard InChI is InChI=1S/C9H7F3O/c10-9(11,12)8-3-1-2-7(6-8)4-5-13/h1-3,5-6H,4H2. The molecule has 0 aliphatic rings. The summed E-state index contributed by atoms with van der Waals surface area (Å²) in [6, 6.07) is 4.74. The molecule has 0 spiro atoms.